The average molecular weight is 323 g/mol. The molecule has 3 aromatic heterocycles. The van der Waals surface area contributed by atoms with Crippen molar-refractivity contribution in [2.24, 2.45) is 7.05 Å². The third kappa shape index (κ3) is 2.64. The topological polar surface area (TPSA) is 54.6 Å². The summed E-state index contributed by atoms with van der Waals surface area (Å²) in [5, 5.41) is 3.02. The Hall–Kier alpha value is -2.76. The molecule has 6 heteroatoms. The van der Waals surface area contributed by atoms with Gasteiger partial charge in [0.15, 0.2) is 0 Å². The normalized spacial score (nSPS) is 17.5. The van der Waals surface area contributed by atoms with Gasteiger partial charge in [-0.1, -0.05) is 6.07 Å². The van der Waals surface area contributed by atoms with E-state index in [9.17, 15) is 4.79 Å². The maximum Gasteiger partial charge on any atom is 0.318 e. The number of hydrogen-bond donors (Lipinski definition) is 1. The van der Waals surface area contributed by atoms with Gasteiger partial charge in [0.2, 0.25) is 0 Å². The number of aryl methyl sites for hydroxylation is 1. The van der Waals surface area contributed by atoms with E-state index < -0.39 is 0 Å². The van der Waals surface area contributed by atoms with Gasteiger partial charge in [-0.3, -0.25) is 0 Å². The van der Waals surface area contributed by atoms with E-state index in [1.807, 2.05) is 59.2 Å². The summed E-state index contributed by atoms with van der Waals surface area (Å²) in [7, 11) is 2.03. The molecule has 0 radical (unpaired) electrons. The summed E-state index contributed by atoms with van der Waals surface area (Å²) in [6.45, 7) is 1.24. The number of nitrogens with one attached hydrogen (secondary N) is 1. The van der Waals surface area contributed by atoms with E-state index in [0.29, 0.717) is 6.54 Å². The van der Waals surface area contributed by atoms with Gasteiger partial charge >= 0.3 is 6.03 Å². The van der Waals surface area contributed by atoms with Crippen LogP contribution in [0.2, 0.25) is 0 Å². The third-order valence-corrected chi connectivity index (χ3v) is 4.67. The molecule has 1 aliphatic rings. The minimum Gasteiger partial charge on any atom is -0.353 e. The standard InChI is InChI=1S/C18H21N5O/c1-21-9-4-6-15(21)16-7-5-11-23(16)18(24)19-12-14-13-22-10-3-2-8-17(22)20-14/h2-4,6,8-10,13,16H,5,7,11-12H2,1H3,(H,19,24). The van der Waals surface area contributed by atoms with Gasteiger partial charge in [0, 0.05) is 37.9 Å². The SMILES string of the molecule is Cn1cccc1C1CCCN1C(=O)NCc1cn2ccccc2n1. The first kappa shape index (κ1) is 14.8. The van der Waals surface area contributed by atoms with Crippen molar-refractivity contribution in [3.05, 3.63) is 60.3 Å². The number of hydrogen-bond acceptors (Lipinski definition) is 2. The lowest BCUT2D eigenvalue weighted by Crippen LogP contribution is -2.39. The molecule has 1 saturated heterocycles. The molecule has 0 spiro atoms. The molecule has 0 aliphatic carbocycles. The van der Waals surface area contributed by atoms with Crippen molar-refractivity contribution in [3.8, 4) is 0 Å². The lowest BCUT2D eigenvalue weighted by molar-refractivity contribution is 0.191. The van der Waals surface area contributed by atoms with Crippen LogP contribution in [0.3, 0.4) is 0 Å². The van der Waals surface area contributed by atoms with E-state index in [0.717, 1.165) is 30.7 Å². The monoisotopic (exact) mass is 323 g/mol. The summed E-state index contributed by atoms with van der Waals surface area (Å²) in [6, 6.07) is 10.1. The van der Waals surface area contributed by atoms with Crippen molar-refractivity contribution in [1.29, 1.82) is 0 Å². The molecule has 4 rings (SSSR count). The zero-order valence-electron chi connectivity index (χ0n) is 13.7. The molecule has 0 aromatic carbocycles. The summed E-state index contributed by atoms with van der Waals surface area (Å²) in [6.07, 6.45) is 7.99. The molecule has 1 unspecified atom stereocenters. The van der Waals surface area contributed by atoms with E-state index in [2.05, 4.69) is 20.9 Å². The molecule has 3 aromatic rings. The number of aromatic nitrogens is 3. The Morgan fingerprint density at radius 2 is 2.21 bits per heavy atom. The molecule has 1 aliphatic heterocycles. The van der Waals surface area contributed by atoms with Crippen LogP contribution in [0.1, 0.15) is 30.3 Å². The number of likely N-dealkylation sites (tertiary alicyclic amines) is 1. The summed E-state index contributed by atoms with van der Waals surface area (Å²) >= 11 is 0. The van der Waals surface area contributed by atoms with Crippen LogP contribution in [-0.2, 0) is 13.6 Å². The number of amides is 2. The number of fused-ring (bicyclic) bond motifs is 1. The highest BCUT2D eigenvalue weighted by atomic mass is 16.2. The molecule has 4 heterocycles. The number of carbonyl (C=O) groups excluding carboxylic acids is 1. The van der Waals surface area contributed by atoms with Crippen molar-refractivity contribution in [2.45, 2.75) is 25.4 Å². The summed E-state index contributed by atoms with van der Waals surface area (Å²) < 4.78 is 4.06. The Labute approximate surface area is 140 Å². The predicted octanol–water partition coefficient (Wildman–Crippen LogP) is 2.72. The molecule has 0 saturated carbocycles. The minimum atomic E-state index is -0.0178. The third-order valence-electron chi connectivity index (χ3n) is 4.67. The van der Waals surface area contributed by atoms with Crippen LogP contribution in [0.25, 0.3) is 5.65 Å². The number of nitrogens with zero attached hydrogens (tertiary/aromatic N) is 4. The molecule has 24 heavy (non-hydrogen) atoms. The fourth-order valence-electron chi connectivity index (χ4n) is 3.48. The molecular weight excluding hydrogens is 302 g/mol. The lowest BCUT2D eigenvalue weighted by Gasteiger charge is -2.25. The first-order valence-electron chi connectivity index (χ1n) is 8.31. The fourth-order valence-corrected chi connectivity index (χ4v) is 3.48. The van der Waals surface area contributed by atoms with Crippen molar-refractivity contribution >= 4 is 11.7 Å². The zero-order valence-corrected chi connectivity index (χ0v) is 13.7. The summed E-state index contributed by atoms with van der Waals surface area (Å²) in [4.78, 5) is 19.1. The Morgan fingerprint density at radius 1 is 1.29 bits per heavy atom. The minimum absolute atomic E-state index is 0.0178. The maximum atomic E-state index is 12.6. The second kappa shape index (κ2) is 6.03. The zero-order chi connectivity index (χ0) is 16.5. The molecule has 0 bridgehead atoms. The van der Waals surface area contributed by atoms with Gasteiger partial charge in [0.1, 0.15) is 5.65 Å². The average Bonchev–Trinajstić information content (AvgIpc) is 3.30. The van der Waals surface area contributed by atoms with Crippen molar-refractivity contribution < 1.29 is 4.79 Å². The number of pyridine rings is 1. The van der Waals surface area contributed by atoms with E-state index >= 15 is 0 Å². The Balaban J connectivity index is 1.44. The van der Waals surface area contributed by atoms with Crippen LogP contribution in [0.15, 0.2) is 48.9 Å². The van der Waals surface area contributed by atoms with Crippen LogP contribution in [0, 0.1) is 0 Å². The van der Waals surface area contributed by atoms with Gasteiger partial charge in [-0.15, -0.1) is 0 Å². The van der Waals surface area contributed by atoms with E-state index in [1.54, 1.807) is 0 Å². The van der Waals surface area contributed by atoms with Crippen molar-refractivity contribution in [1.82, 2.24) is 24.2 Å². The van der Waals surface area contributed by atoms with E-state index in [4.69, 9.17) is 0 Å². The Bertz CT molecular complexity index is 832. The molecule has 1 N–H and O–H groups in total. The number of rotatable bonds is 3. The lowest BCUT2D eigenvalue weighted by atomic mass is 10.1. The van der Waals surface area contributed by atoms with Gasteiger partial charge in [-0.25, -0.2) is 9.78 Å². The van der Waals surface area contributed by atoms with Crippen molar-refractivity contribution in [3.63, 3.8) is 0 Å². The molecule has 1 fully saturated rings. The van der Waals surface area contributed by atoms with Crippen LogP contribution in [0.4, 0.5) is 4.79 Å². The molecular formula is C18H21N5O. The van der Waals surface area contributed by atoms with Crippen molar-refractivity contribution in [2.75, 3.05) is 6.54 Å². The van der Waals surface area contributed by atoms with Gasteiger partial charge in [0.25, 0.3) is 0 Å². The molecule has 124 valence electrons. The summed E-state index contributed by atoms with van der Waals surface area (Å²) in [5.74, 6) is 0. The highest BCUT2D eigenvalue weighted by Gasteiger charge is 2.31. The van der Waals surface area contributed by atoms with Crippen LogP contribution < -0.4 is 5.32 Å². The van der Waals surface area contributed by atoms with Crippen LogP contribution in [-0.4, -0.2) is 31.4 Å². The largest absolute Gasteiger partial charge is 0.353 e. The second-order valence-corrected chi connectivity index (χ2v) is 6.25. The first-order chi connectivity index (χ1) is 11.7. The highest BCUT2D eigenvalue weighted by Crippen LogP contribution is 2.31. The number of carbonyl (C=O) groups is 1. The summed E-state index contributed by atoms with van der Waals surface area (Å²) in [5.41, 5.74) is 2.95. The predicted molar refractivity (Wildman–Crippen MR) is 91.5 cm³/mol. The highest BCUT2D eigenvalue weighted by molar-refractivity contribution is 5.75. The molecule has 1 atom stereocenters. The van der Waals surface area contributed by atoms with Crippen LogP contribution >= 0.6 is 0 Å². The fraction of sp³-hybridized carbons (Fsp3) is 0.333. The number of imidazole rings is 1. The van der Waals surface area contributed by atoms with Gasteiger partial charge in [-0.05, 0) is 37.1 Å². The Kier molecular flexibility index (Phi) is 3.72. The second-order valence-electron chi connectivity index (χ2n) is 6.25. The molecule has 2 amide bonds. The molecule has 6 nitrogen and oxygen atoms in total. The maximum absolute atomic E-state index is 12.6. The number of urea groups is 1. The quantitative estimate of drug-likeness (QED) is 0.806. The van der Waals surface area contributed by atoms with E-state index in [-0.39, 0.29) is 12.1 Å². The smallest absolute Gasteiger partial charge is 0.318 e. The van der Waals surface area contributed by atoms with Gasteiger partial charge in [-0.2, -0.15) is 0 Å². The van der Waals surface area contributed by atoms with Gasteiger partial charge < -0.3 is 19.2 Å². The first-order valence-corrected chi connectivity index (χ1v) is 8.31. The van der Waals surface area contributed by atoms with E-state index in [1.165, 1.54) is 5.69 Å². The van der Waals surface area contributed by atoms with Crippen LogP contribution in [0.5, 0.6) is 0 Å². The van der Waals surface area contributed by atoms with Gasteiger partial charge in [0.05, 0.1) is 18.3 Å². The Morgan fingerprint density at radius 3 is 3.00 bits per heavy atom.